The van der Waals surface area contributed by atoms with E-state index in [1.807, 2.05) is 39.0 Å². The third kappa shape index (κ3) is 6.29. The summed E-state index contributed by atoms with van der Waals surface area (Å²) in [4.78, 5) is 30.6. The van der Waals surface area contributed by atoms with E-state index in [1.165, 1.54) is 0 Å². The number of nitrogens with zero attached hydrogens (tertiary/aromatic N) is 2. The molecule has 7 nitrogen and oxygen atoms in total. The Kier molecular flexibility index (Phi) is 6.97. The Labute approximate surface area is 154 Å². The van der Waals surface area contributed by atoms with Gasteiger partial charge in [-0.15, -0.1) is 0 Å². The highest BCUT2D eigenvalue weighted by molar-refractivity contribution is 5.80. The number of likely N-dealkylation sites (tertiary alicyclic amines) is 1. The van der Waals surface area contributed by atoms with Crippen LogP contribution in [0.1, 0.15) is 39.3 Å². The van der Waals surface area contributed by atoms with Crippen LogP contribution in [0.4, 0.5) is 4.79 Å². The van der Waals surface area contributed by atoms with Crippen molar-refractivity contribution in [3.05, 3.63) is 30.1 Å². The van der Waals surface area contributed by atoms with Crippen molar-refractivity contribution >= 4 is 12.0 Å². The molecule has 0 aromatic carbocycles. The van der Waals surface area contributed by atoms with Crippen molar-refractivity contribution in [2.24, 2.45) is 5.92 Å². The Morgan fingerprint density at radius 3 is 2.81 bits per heavy atom. The van der Waals surface area contributed by atoms with E-state index in [4.69, 9.17) is 4.74 Å². The number of rotatable bonds is 5. The van der Waals surface area contributed by atoms with Gasteiger partial charge in [-0.1, -0.05) is 6.07 Å². The molecule has 26 heavy (non-hydrogen) atoms. The lowest BCUT2D eigenvalue weighted by Crippen LogP contribution is -2.49. The van der Waals surface area contributed by atoms with Crippen molar-refractivity contribution in [3.63, 3.8) is 0 Å². The Hall–Kier alpha value is -2.15. The Morgan fingerprint density at radius 2 is 2.19 bits per heavy atom. The van der Waals surface area contributed by atoms with Crippen LogP contribution in [0.15, 0.2) is 24.4 Å². The molecule has 0 saturated carbocycles. The zero-order valence-corrected chi connectivity index (χ0v) is 15.8. The van der Waals surface area contributed by atoms with Gasteiger partial charge in [-0.25, -0.2) is 4.79 Å². The highest BCUT2D eigenvalue weighted by atomic mass is 16.6. The summed E-state index contributed by atoms with van der Waals surface area (Å²) >= 11 is 0. The van der Waals surface area contributed by atoms with E-state index in [2.05, 4.69) is 10.3 Å². The van der Waals surface area contributed by atoms with Crippen LogP contribution < -0.4 is 5.32 Å². The van der Waals surface area contributed by atoms with E-state index in [0.717, 1.165) is 12.1 Å². The SMILES string of the molecule is CC(C)(C)OC(=O)N1CCC[C@H](C(=O)N[C@H](CO)Cc2ccccn2)C1. The molecule has 0 spiro atoms. The largest absolute Gasteiger partial charge is 0.444 e. The predicted octanol–water partition coefficient (Wildman–Crippen LogP) is 1.75. The van der Waals surface area contributed by atoms with Gasteiger partial charge in [0.15, 0.2) is 0 Å². The molecule has 1 saturated heterocycles. The number of aromatic nitrogens is 1. The molecule has 0 bridgehead atoms. The first-order valence-electron chi connectivity index (χ1n) is 9.07. The minimum atomic E-state index is -0.559. The summed E-state index contributed by atoms with van der Waals surface area (Å²) < 4.78 is 5.39. The second-order valence-corrected chi connectivity index (χ2v) is 7.68. The number of ether oxygens (including phenoxy) is 1. The van der Waals surface area contributed by atoms with Gasteiger partial charge in [0, 0.05) is 31.4 Å². The number of hydrogen-bond donors (Lipinski definition) is 2. The molecule has 144 valence electrons. The summed E-state index contributed by atoms with van der Waals surface area (Å²) in [6, 6.07) is 5.16. The Morgan fingerprint density at radius 1 is 1.42 bits per heavy atom. The fourth-order valence-electron chi connectivity index (χ4n) is 2.94. The average molecular weight is 363 g/mol. The second kappa shape index (κ2) is 8.98. The average Bonchev–Trinajstić information content (AvgIpc) is 2.60. The molecule has 2 N–H and O–H groups in total. The summed E-state index contributed by atoms with van der Waals surface area (Å²) in [5.74, 6) is -0.442. The maximum absolute atomic E-state index is 12.6. The second-order valence-electron chi connectivity index (χ2n) is 7.68. The standard InChI is InChI=1S/C19H29N3O4/c1-19(2,3)26-18(25)22-10-6-7-14(12-22)17(24)21-16(13-23)11-15-8-4-5-9-20-15/h4-5,8-9,14,16,23H,6-7,10-13H2,1-3H3,(H,21,24)/t14-,16-/m0/s1. The maximum atomic E-state index is 12.6. The van der Waals surface area contributed by atoms with Gasteiger partial charge in [0.2, 0.25) is 5.91 Å². The first-order chi connectivity index (χ1) is 12.3. The van der Waals surface area contributed by atoms with E-state index in [-0.39, 0.29) is 24.5 Å². The van der Waals surface area contributed by atoms with Crippen molar-refractivity contribution in [1.82, 2.24) is 15.2 Å². The van der Waals surface area contributed by atoms with Crippen molar-refractivity contribution in [3.8, 4) is 0 Å². The van der Waals surface area contributed by atoms with E-state index in [9.17, 15) is 14.7 Å². The fourth-order valence-corrected chi connectivity index (χ4v) is 2.94. The number of nitrogens with one attached hydrogen (secondary N) is 1. The lowest BCUT2D eigenvalue weighted by molar-refractivity contribution is -0.127. The zero-order chi connectivity index (χ0) is 19.2. The van der Waals surface area contributed by atoms with E-state index in [0.29, 0.717) is 25.9 Å². The molecule has 2 atom stereocenters. The van der Waals surface area contributed by atoms with Crippen LogP contribution in [0.2, 0.25) is 0 Å². The minimum Gasteiger partial charge on any atom is -0.444 e. The van der Waals surface area contributed by atoms with Gasteiger partial charge in [0.1, 0.15) is 5.60 Å². The van der Waals surface area contributed by atoms with Crippen LogP contribution >= 0.6 is 0 Å². The monoisotopic (exact) mass is 363 g/mol. The number of aliphatic hydroxyl groups excluding tert-OH is 1. The van der Waals surface area contributed by atoms with Gasteiger partial charge in [-0.3, -0.25) is 9.78 Å². The normalized spacial score (nSPS) is 18.9. The van der Waals surface area contributed by atoms with Crippen LogP contribution in [0.25, 0.3) is 0 Å². The number of carbonyl (C=O) groups excluding carboxylic acids is 2. The molecule has 0 aliphatic carbocycles. The number of piperidine rings is 1. The lowest BCUT2D eigenvalue weighted by atomic mass is 9.96. The predicted molar refractivity (Wildman–Crippen MR) is 97.5 cm³/mol. The smallest absolute Gasteiger partial charge is 0.410 e. The first kappa shape index (κ1) is 20.2. The molecule has 1 fully saturated rings. The van der Waals surface area contributed by atoms with Gasteiger partial charge in [0.05, 0.1) is 18.6 Å². The molecular formula is C19H29N3O4. The van der Waals surface area contributed by atoms with Crippen LogP contribution in [-0.4, -0.2) is 58.3 Å². The molecule has 1 aliphatic rings. The number of amides is 2. The van der Waals surface area contributed by atoms with Crippen LogP contribution in [0.3, 0.4) is 0 Å². The Balaban J connectivity index is 1.90. The Bertz CT molecular complexity index is 601. The van der Waals surface area contributed by atoms with Gasteiger partial charge in [-0.2, -0.15) is 0 Å². The van der Waals surface area contributed by atoms with Crippen molar-refractivity contribution < 1.29 is 19.4 Å². The van der Waals surface area contributed by atoms with E-state index < -0.39 is 11.6 Å². The van der Waals surface area contributed by atoms with Gasteiger partial charge >= 0.3 is 6.09 Å². The highest BCUT2D eigenvalue weighted by Gasteiger charge is 2.31. The van der Waals surface area contributed by atoms with Crippen LogP contribution in [0.5, 0.6) is 0 Å². The molecule has 1 aromatic heterocycles. The first-order valence-corrected chi connectivity index (χ1v) is 9.07. The van der Waals surface area contributed by atoms with Gasteiger partial charge in [-0.05, 0) is 45.7 Å². The van der Waals surface area contributed by atoms with Crippen molar-refractivity contribution in [2.75, 3.05) is 19.7 Å². The summed E-state index contributed by atoms with van der Waals surface area (Å²) in [6.07, 6.45) is 3.23. The number of carbonyl (C=O) groups is 2. The van der Waals surface area contributed by atoms with E-state index >= 15 is 0 Å². The van der Waals surface area contributed by atoms with Gasteiger partial charge < -0.3 is 20.1 Å². The highest BCUT2D eigenvalue weighted by Crippen LogP contribution is 2.20. The zero-order valence-electron chi connectivity index (χ0n) is 15.8. The van der Waals surface area contributed by atoms with Crippen molar-refractivity contribution in [2.45, 2.75) is 51.7 Å². The molecule has 0 unspecified atom stereocenters. The molecule has 2 heterocycles. The third-order valence-electron chi connectivity index (χ3n) is 4.19. The maximum Gasteiger partial charge on any atom is 0.410 e. The lowest BCUT2D eigenvalue weighted by Gasteiger charge is -2.34. The van der Waals surface area contributed by atoms with Crippen LogP contribution in [-0.2, 0) is 16.0 Å². The number of hydrogen-bond acceptors (Lipinski definition) is 5. The fraction of sp³-hybridized carbons (Fsp3) is 0.632. The van der Waals surface area contributed by atoms with Crippen molar-refractivity contribution in [1.29, 1.82) is 0 Å². The topological polar surface area (TPSA) is 91.8 Å². The van der Waals surface area contributed by atoms with Crippen LogP contribution in [0, 0.1) is 5.92 Å². The molecular weight excluding hydrogens is 334 g/mol. The summed E-state index contributed by atoms with van der Waals surface area (Å²) in [6.45, 7) is 6.23. The summed E-state index contributed by atoms with van der Waals surface area (Å²) in [7, 11) is 0. The third-order valence-corrected chi connectivity index (χ3v) is 4.19. The quantitative estimate of drug-likeness (QED) is 0.831. The number of aliphatic hydroxyl groups is 1. The van der Waals surface area contributed by atoms with Gasteiger partial charge in [0.25, 0.3) is 0 Å². The van der Waals surface area contributed by atoms with E-state index in [1.54, 1.807) is 11.1 Å². The molecule has 0 radical (unpaired) electrons. The molecule has 1 aromatic rings. The molecule has 1 aliphatic heterocycles. The minimum absolute atomic E-state index is 0.145. The molecule has 7 heteroatoms. The molecule has 2 amide bonds. The summed E-state index contributed by atoms with van der Waals surface area (Å²) in [5.41, 5.74) is 0.252. The summed E-state index contributed by atoms with van der Waals surface area (Å²) in [5, 5.41) is 12.5. The molecule has 2 rings (SSSR count). The number of pyridine rings is 1.